The predicted molar refractivity (Wildman–Crippen MR) is 77.7 cm³/mol. The first-order chi connectivity index (χ1) is 7.52. The van der Waals surface area contributed by atoms with Crippen molar-refractivity contribution >= 4 is 44.4 Å². The van der Waals surface area contributed by atoms with Crippen LogP contribution in [0.1, 0.15) is 10.4 Å². The molecule has 0 unspecified atom stereocenters. The van der Waals surface area contributed by atoms with Gasteiger partial charge in [-0.3, -0.25) is 4.79 Å². The molecule has 1 aromatic rings. The molecule has 88 valence electrons. The fourth-order valence-corrected chi connectivity index (χ4v) is 2.86. The highest BCUT2D eigenvalue weighted by Gasteiger charge is 2.12. The van der Waals surface area contributed by atoms with E-state index >= 15 is 0 Å². The lowest BCUT2D eigenvalue weighted by molar-refractivity contribution is 0.0949. The van der Waals surface area contributed by atoms with Crippen LogP contribution in [0.3, 0.4) is 0 Å². The highest BCUT2D eigenvalue weighted by Crippen LogP contribution is 2.21. The molecular formula is C11H14BrIN2O. The first kappa shape index (κ1) is 13.9. The third-order valence-electron chi connectivity index (χ3n) is 2.03. The van der Waals surface area contributed by atoms with Crippen molar-refractivity contribution in [1.29, 1.82) is 0 Å². The summed E-state index contributed by atoms with van der Waals surface area (Å²) in [6.45, 7) is 1.50. The average molecular weight is 397 g/mol. The van der Waals surface area contributed by atoms with Crippen molar-refractivity contribution in [2.75, 3.05) is 27.2 Å². The summed E-state index contributed by atoms with van der Waals surface area (Å²) < 4.78 is 1.79. The van der Waals surface area contributed by atoms with Crippen LogP contribution in [-0.4, -0.2) is 38.0 Å². The van der Waals surface area contributed by atoms with Crippen molar-refractivity contribution in [3.8, 4) is 0 Å². The molecule has 0 heterocycles. The Balaban J connectivity index is 2.66. The Hall–Kier alpha value is -0.140. The number of halogens is 2. The largest absolute Gasteiger partial charge is 0.351 e. The number of benzene rings is 1. The van der Waals surface area contributed by atoms with Crippen molar-refractivity contribution in [2.24, 2.45) is 0 Å². The molecule has 0 atom stereocenters. The van der Waals surface area contributed by atoms with Crippen LogP contribution in [-0.2, 0) is 0 Å². The molecule has 5 heteroatoms. The zero-order chi connectivity index (χ0) is 12.1. The predicted octanol–water partition coefficient (Wildman–Crippen LogP) is 2.35. The zero-order valence-electron chi connectivity index (χ0n) is 9.26. The van der Waals surface area contributed by atoms with E-state index in [1.165, 1.54) is 0 Å². The second kappa shape index (κ2) is 6.56. The van der Waals surface area contributed by atoms with Gasteiger partial charge >= 0.3 is 0 Å². The summed E-state index contributed by atoms with van der Waals surface area (Å²) in [4.78, 5) is 13.9. The number of amides is 1. The molecule has 0 aliphatic rings. The number of nitrogens with one attached hydrogen (secondary N) is 1. The Kier molecular flexibility index (Phi) is 5.71. The minimum atomic E-state index is -0.0290. The Bertz CT molecular complexity index is 362. The van der Waals surface area contributed by atoms with Crippen molar-refractivity contribution in [3.05, 3.63) is 31.8 Å². The number of hydrogen-bond donors (Lipinski definition) is 1. The maximum absolute atomic E-state index is 11.9. The van der Waals surface area contributed by atoms with E-state index < -0.39 is 0 Å². The molecule has 0 saturated heterocycles. The summed E-state index contributed by atoms with van der Waals surface area (Å²) in [6, 6.07) is 5.72. The van der Waals surface area contributed by atoms with Gasteiger partial charge in [-0.25, -0.2) is 0 Å². The highest BCUT2D eigenvalue weighted by molar-refractivity contribution is 14.1. The fourth-order valence-electron chi connectivity index (χ4n) is 1.20. The van der Waals surface area contributed by atoms with E-state index in [0.29, 0.717) is 12.1 Å². The Morgan fingerprint density at radius 3 is 2.75 bits per heavy atom. The van der Waals surface area contributed by atoms with Gasteiger partial charge in [0.1, 0.15) is 0 Å². The third-order valence-corrected chi connectivity index (χ3v) is 3.59. The summed E-state index contributed by atoms with van der Waals surface area (Å²) in [5.41, 5.74) is 0.710. The van der Waals surface area contributed by atoms with E-state index in [1.54, 1.807) is 0 Å². The van der Waals surface area contributed by atoms with Crippen LogP contribution >= 0.6 is 38.5 Å². The molecule has 0 saturated carbocycles. The molecule has 0 radical (unpaired) electrons. The lowest BCUT2D eigenvalue weighted by atomic mass is 10.2. The highest BCUT2D eigenvalue weighted by atomic mass is 127. The molecule has 1 amide bonds. The van der Waals surface area contributed by atoms with Gasteiger partial charge in [-0.2, -0.15) is 0 Å². The van der Waals surface area contributed by atoms with E-state index in [-0.39, 0.29) is 5.91 Å². The van der Waals surface area contributed by atoms with Gasteiger partial charge in [0.2, 0.25) is 0 Å². The molecule has 3 nitrogen and oxygen atoms in total. The Morgan fingerprint density at radius 2 is 2.19 bits per heavy atom. The lowest BCUT2D eigenvalue weighted by Gasteiger charge is -2.11. The minimum Gasteiger partial charge on any atom is -0.351 e. The summed E-state index contributed by atoms with van der Waals surface area (Å²) in [7, 11) is 3.96. The first-order valence-corrected chi connectivity index (χ1v) is 6.76. The molecule has 0 aliphatic heterocycles. The smallest absolute Gasteiger partial charge is 0.253 e. The average Bonchev–Trinajstić information content (AvgIpc) is 2.16. The molecule has 16 heavy (non-hydrogen) atoms. The minimum absolute atomic E-state index is 0.0290. The summed E-state index contributed by atoms with van der Waals surface area (Å²) in [5, 5.41) is 2.90. The van der Waals surface area contributed by atoms with Crippen molar-refractivity contribution in [2.45, 2.75) is 0 Å². The van der Waals surface area contributed by atoms with Crippen LogP contribution in [0.15, 0.2) is 22.7 Å². The molecule has 1 rings (SSSR count). The molecule has 0 aliphatic carbocycles. The van der Waals surface area contributed by atoms with Gasteiger partial charge in [0.15, 0.2) is 0 Å². The quantitative estimate of drug-likeness (QED) is 0.792. The van der Waals surface area contributed by atoms with E-state index in [2.05, 4.69) is 43.8 Å². The van der Waals surface area contributed by atoms with Crippen molar-refractivity contribution in [1.82, 2.24) is 10.2 Å². The van der Waals surface area contributed by atoms with E-state index in [9.17, 15) is 4.79 Å². The van der Waals surface area contributed by atoms with E-state index in [1.807, 2.05) is 37.2 Å². The zero-order valence-corrected chi connectivity index (χ0v) is 13.0. The van der Waals surface area contributed by atoms with Gasteiger partial charge in [-0.15, -0.1) is 0 Å². The van der Waals surface area contributed by atoms with Gasteiger partial charge in [0, 0.05) is 21.1 Å². The maximum atomic E-state index is 11.9. The summed E-state index contributed by atoms with van der Waals surface area (Å²) in [6.07, 6.45) is 0. The van der Waals surface area contributed by atoms with Crippen LogP contribution < -0.4 is 5.32 Å². The molecule has 0 spiro atoms. The van der Waals surface area contributed by atoms with Gasteiger partial charge in [-0.1, -0.05) is 6.07 Å². The molecule has 0 aromatic heterocycles. The topological polar surface area (TPSA) is 32.3 Å². The second-order valence-corrected chi connectivity index (χ2v) is 5.67. The van der Waals surface area contributed by atoms with E-state index in [4.69, 9.17) is 0 Å². The monoisotopic (exact) mass is 396 g/mol. The van der Waals surface area contributed by atoms with Crippen LogP contribution in [0, 0.1) is 3.57 Å². The van der Waals surface area contributed by atoms with Crippen LogP contribution in [0.5, 0.6) is 0 Å². The number of nitrogens with zero attached hydrogens (tertiary/aromatic N) is 1. The number of carbonyl (C=O) groups is 1. The number of carbonyl (C=O) groups excluding carboxylic acids is 1. The molecule has 0 bridgehead atoms. The van der Waals surface area contributed by atoms with Gasteiger partial charge in [0.25, 0.3) is 5.91 Å². The van der Waals surface area contributed by atoms with Crippen LogP contribution in [0.25, 0.3) is 0 Å². The fraction of sp³-hybridized carbons (Fsp3) is 0.364. The molecule has 0 fully saturated rings. The summed E-state index contributed by atoms with van der Waals surface area (Å²) in [5.74, 6) is -0.0290. The van der Waals surface area contributed by atoms with E-state index in [0.717, 1.165) is 14.6 Å². The lowest BCUT2D eigenvalue weighted by Crippen LogP contribution is -2.31. The SMILES string of the molecule is CN(C)CCNC(=O)c1c(Br)cccc1I. The summed E-state index contributed by atoms with van der Waals surface area (Å²) >= 11 is 5.56. The number of rotatable bonds is 4. The standard InChI is InChI=1S/C11H14BrIN2O/c1-15(2)7-6-14-11(16)10-8(12)4-3-5-9(10)13/h3-5H,6-7H2,1-2H3,(H,14,16). The normalized spacial score (nSPS) is 10.6. The molecular weight excluding hydrogens is 383 g/mol. The van der Waals surface area contributed by atoms with Crippen molar-refractivity contribution < 1.29 is 4.79 Å². The Morgan fingerprint density at radius 1 is 1.50 bits per heavy atom. The van der Waals surface area contributed by atoms with Crippen LogP contribution in [0.2, 0.25) is 0 Å². The van der Waals surface area contributed by atoms with Crippen molar-refractivity contribution in [3.63, 3.8) is 0 Å². The van der Waals surface area contributed by atoms with Gasteiger partial charge in [-0.05, 0) is 64.7 Å². The number of hydrogen-bond acceptors (Lipinski definition) is 2. The number of likely N-dealkylation sites (N-methyl/N-ethyl adjacent to an activating group) is 1. The maximum Gasteiger partial charge on any atom is 0.253 e. The molecule has 1 aromatic carbocycles. The first-order valence-electron chi connectivity index (χ1n) is 4.89. The second-order valence-electron chi connectivity index (χ2n) is 3.66. The third kappa shape index (κ3) is 4.03. The van der Waals surface area contributed by atoms with Gasteiger partial charge < -0.3 is 10.2 Å². The Labute approximate surface area is 118 Å². The van der Waals surface area contributed by atoms with Gasteiger partial charge in [0.05, 0.1) is 5.56 Å². The molecule has 1 N–H and O–H groups in total. The van der Waals surface area contributed by atoms with Crippen LogP contribution in [0.4, 0.5) is 0 Å².